The van der Waals surface area contributed by atoms with E-state index in [0.717, 1.165) is 11.1 Å². The standard InChI is InChI=1S/C31H31N3O4/c1-8-37-26-15-27-24(28(30(36)32-6)29(38-27)20-11-9-18(2)10-12-20)14-23(26)21-13-22(19(3)34-17-21)25(35)16-31(4,5)33-7/h9-15,17H,8,16H2,1-6H3,(H,32,36). The van der Waals surface area contributed by atoms with Crippen molar-refractivity contribution in [3.8, 4) is 28.2 Å². The first-order valence-corrected chi connectivity index (χ1v) is 12.5. The van der Waals surface area contributed by atoms with Crippen molar-refractivity contribution < 1.29 is 18.7 Å². The van der Waals surface area contributed by atoms with E-state index in [1.807, 2.05) is 44.2 Å². The fourth-order valence-electron chi connectivity index (χ4n) is 4.37. The van der Waals surface area contributed by atoms with Gasteiger partial charge in [-0.15, -0.1) is 0 Å². The molecular weight excluding hydrogens is 478 g/mol. The summed E-state index contributed by atoms with van der Waals surface area (Å²) in [6.45, 7) is 17.0. The Labute approximate surface area is 222 Å². The molecule has 1 amide bonds. The third kappa shape index (κ3) is 5.16. The number of furan rings is 1. The van der Waals surface area contributed by atoms with Crippen molar-refractivity contribution in [2.75, 3.05) is 13.7 Å². The molecule has 38 heavy (non-hydrogen) atoms. The van der Waals surface area contributed by atoms with E-state index in [1.54, 1.807) is 46.1 Å². The quantitative estimate of drug-likeness (QED) is 0.208. The number of hydrogen-bond donors (Lipinski definition) is 1. The van der Waals surface area contributed by atoms with Gasteiger partial charge in [0.15, 0.2) is 5.78 Å². The summed E-state index contributed by atoms with van der Waals surface area (Å²) in [5.41, 5.74) is 4.43. The molecule has 0 atom stereocenters. The zero-order valence-electron chi connectivity index (χ0n) is 22.6. The Kier molecular flexibility index (Phi) is 7.36. The summed E-state index contributed by atoms with van der Waals surface area (Å²) in [6.07, 6.45) is 1.78. The van der Waals surface area contributed by atoms with Crippen LogP contribution in [0.2, 0.25) is 0 Å². The van der Waals surface area contributed by atoms with Gasteiger partial charge in [0.2, 0.25) is 5.54 Å². The molecule has 4 aromatic rings. The average Bonchev–Trinajstić information content (AvgIpc) is 3.26. The Morgan fingerprint density at radius 2 is 1.82 bits per heavy atom. The minimum Gasteiger partial charge on any atom is -0.493 e. The molecule has 7 nitrogen and oxygen atoms in total. The second kappa shape index (κ2) is 10.5. The number of ketones is 1. The maximum atomic E-state index is 13.1. The predicted molar refractivity (Wildman–Crippen MR) is 149 cm³/mol. The van der Waals surface area contributed by atoms with Crippen LogP contribution in [-0.4, -0.2) is 35.9 Å². The van der Waals surface area contributed by atoms with Crippen LogP contribution in [0.15, 0.2) is 53.1 Å². The molecule has 0 aliphatic heterocycles. The molecule has 194 valence electrons. The van der Waals surface area contributed by atoms with Gasteiger partial charge in [-0.1, -0.05) is 29.8 Å². The number of carbonyl (C=O) groups is 2. The number of amides is 1. The molecule has 7 heteroatoms. The molecule has 2 heterocycles. The third-order valence-electron chi connectivity index (χ3n) is 6.45. The van der Waals surface area contributed by atoms with Gasteiger partial charge in [-0.3, -0.25) is 14.6 Å². The van der Waals surface area contributed by atoms with Gasteiger partial charge < -0.3 is 19.3 Å². The van der Waals surface area contributed by atoms with E-state index < -0.39 is 5.54 Å². The van der Waals surface area contributed by atoms with E-state index in [0.29, 0.717) is 57.0 Å². The molecule has 1 N–H and O–H groups in total. The molecular formula is C31H31N3O4. The largest absolute Gasteiger partial charge is 0.493 e. The smallest absolute Gasteiger partial charge is 0.255 e. The monoisotopic (exact) mass is 509 g/mol. The maximum absolute atomic E-state index is 13.1. The van der Waals surface area contributed by atoms with Gasteiger partial charge in [0.05, 0.1) is 18.6 Å². The summed E-state index contributed by atoms with van der Waals surface area (Å²) >= 11 is 0. The van der Waals surface area contributed by atoms with Crippen molar-refractivity contribution in [2.45, 2.75) is 46.6 Å². The van der Waals surface area contributed by atoms with Crippen molar-refractivity contribution >= 4 is 22.7 Å². The van der Waals surface area contributed by atoms with E-state index in [-0.39, 0.29) is 18.1 Å². The van der Waals surface area contributed by atoms with Gasteiger partial charge in [-0.05, 0) is 32.9 Å². The molecule has 2 aromatic carbocycles. The lowest BCUT2D eigenvalue weighted by molar-refractivity contribution is 0.0957. The molecule has 4 rings (SSSR count). The number of pyridine rings is 1. The molecule has 0 unspecified atom stereocenters. The molecule has 0 fully saturated rings. The Hall–Kier alpha value is -4.44. The van der Waals surface area contributed by atoms with Crippen LogP contribution in [0.1, 0.15) is 59.2 Å². The predicted octanol–water partition coefficient (Wildman–Crippen LogP) is 6.81. The summed E-state index contributed by atoms with van der Waals surface area (Å²) < 4.78 is 12.2. The van der Waals surface area contributed by atoms with Gasteiger partial charge in [0.1, 0.15) is 17.1 Å². The number of carbonyl (C=O) groups excluding carboxylic acids is 2. The van der Waals surface area contributed by atoms with Gasteiger partial charge in [-0.2, -0.15) is 0 Å². The van der Waals surface area contributed by atoms with Crippen LogP contribution in [0.5, 0.6) is 5.75 Å². The molecule has 0 aliphatic rings. The molecule has 0 saturated carbocycles. The minimum absolute atomic E-state index is 0.0856. The van der Waals surface area contributed by atoms with E-state index in [1.165, 1.54) is 0 Å². The normalized spacial score (nSPS) is 11.3. The van der Waals surface area contributed by atoms with Crippen LogP contribution in [0, 0.1) is 20.4 Å². The van der Waals surface area contributed by atoms with E-state index >= 15 is 0 Å². The highest BCUT2D eigenvalue weighted by Gasteiger charge is 2.29. The van der Waals surface area contributed by atoms with Gasteiger partial charge in [0, 0.05) is 66.5 Å². The van der Waals surface area contributed by atoms with Crippen molar-refractivity contribution in [2.24, 2.45) is 0 Å². The lowest BCUT2D eigenvalue weighted by Gasteiger charge is -2.14. The number of rotatable bonds is 8. The topological polar surface area (TPSA) is 85.8 Å². The minimum atomic E-state index is -0.805. The number of hydrogen-bond acceptors (Lipinski definition) is 5. The zero-order chi connectivity index (χ0) is 27.6. The molecule has 0 spiro atoms. The van der Waals surface area contributed by atoms with Gasteiger partial charge in [-0.25, -0.2) is 6.57 Å². The lowest BCUT2D eigenvalue weighted by Crippen LogP contribution is -2.20. The Bertz CT molecular complexity index is 1570. The van der Waals surface area contributed by atoms with Crippen LogP contribution in [0.3, 0.4) is 0 Å². The fourth-order valence-corrected chi connectivity index (χ4v) is 4.37. The van der Waals surface area contributed by atoms with Crippen LogP contribution >= 0.6 is 0 Å². The summed E-state index contributed by atoms with van der Waals surface area (Å²) in [5.74, 6) is 0.609. The number of ether oxygens (including phenoxy) is 1. The number of nitrogens with one attached hydrogen (secondary N) is 1. The Balaban J connectivity index is 1.93. The number of benzene rings is 2. The van der Waals surface area contributed by atoms with Crippen LogP contribution in [-0.2, 0) is 0 Å². The molecule has 2 aromatic heterocycles. The second-order valence-corrected chi connectivity index (χ2v) is 9.91. The van der Waals surface area contributed by atoms with Crippen molar-refractivity contribution in [1.29, 1.82) is 0 Å². The third-order valence-corrected chi connectivity index (χ3v) is 6.45. The summed E-state index contributed by atoms with van der Waals surface area (Å²) in [7, 11) is 1.59. The lowest BCUT2D eigenvalue weighted by atomic mass is 9.92. The van der Waals surface area contributed by atoms with Crippen molar-refractivity contribution in [1.82, 2.24) is 10.3 Å². The molecule has 0 saturated heterocycles. The molecule has 0 radical (unpaired) electrons. The highest BCUT2D eigenvalue weighted by molar-refractivity contribution is 6.12. The number of aryl methyl sites for hydroxylation is 2. The summed E-state index contributed by atoms with van der Waals surface area (Å²) in [6, 6.07) is 13.2. The highest BCUT2D eigenvalue weighted by atomic mass is 16.5. The fraction of sp³-hybridized carbons (Fsp3) is 0.290. The Morgan fingerprint density at radius 1 is 1.11 bits per heavy atom. The number of Topliss-reactive ketones (excluding diaryl/α,β-unsaturated/α-hetero) is 1. The molecule has 0 aliphatic carbocycles. The number of aromatic nitrogens is 1. The Morgan fingerprint density at radius 3 is 2.45 bits per heavy atom. The van der Waals surface area contributed by atoms with Crippen LogP contribution in [0.25, 0.3) is 38.3 Å². The number of fused-ring (bicyclic) bond motifs is 1. The number of nitrogens with zero attached hydrogens (tertiary/aromatic N) is 2. The zero-order valence-corrected chi connectivity index (χ0v) is 22.6. The SMILES string of the molecule is [C-]#[N+]C(C)(C)CC(=O)c1cc(-c2cc3c(C(=O)NC)c(-c4ccc(C)cc4)oc3cc2OCC)cnc1C. The molecule has 0 bridgehead atoms. The van der Waals surface area contributed by atoms with Gasteiger partial charge >= 0.3 is 0 Å². The first-order valence-electron chi connectivity index (χ1n) is 12.5. The van der Waals surface area contributed by atoms with Gasteiger partial charge in [0.25, 0.3) is 5.91 Å². The average molecular weight is 510 g/mol. The summed E-state index contributed by atoms with van der Waals surface area (Å²) in [5, 5.41) is 3.35. The van der Waals surface area contributed by atoms with Crippen LogP contribution in [0.4, 0.5) is 0 Å². The second-order valence-electron chi connectivity index (χ2n) is 9.91. The van der Waals surface area contributed by atoms with E-state index in [2.05, 4.69) is 15.1 Å². The first-order chi connectivity index (χ1) is 18.1. The van der Waals surface area contributed by atoms with E-state index in [9.17, 15) is 9.59 Å². The van der Waals surface area contributed by atoms with Crippen molar-refractivity contribution in [3.05, 3.63) is 82.5 Å². The van der Waals surface area contributed by atoms with Crippen molar-refractivity contribution in [3.63, 3.8) is 0 Å². The van der Waals surface area contributed by atoms with E-state index in [4.69, 9.17) is 15.7 Å². The first kappa shape index (κ1) is 26.6. The van der Waals surface area contributed by atoms with Crippen LogP contribution < -0.4 is 10.1 Å². The maximum Gasteiger partial charge on any atom is 0.255 e. The highest BCUT2D eigenvalue weighted by Crippen LogP contribution is 2.41. The summed E-state index contributed by atoms with van der Waals surface area (Å²) in [4.78, 5) is 34.3.